The molecule has 7 heteroatoms. The molecule has 0 aromatic heterocycles. The summed E-state index contributed by atoms with van der Waals surface area (Å²) in [6, 6.07) is 0.341. The molecular formula is C17H32N4O3. The molecular weight excluding hydrogens is 308 g/mol. The van der Waals surface area contributed by atoms with Gasteiger partial charge in [0.05, 0.1) is 6.61 Å². The van der Waals surface area contributed by atoms with Gasteiger partial charge in [0.2, 0.25) is 0 Å². The van der Waals surface area contributed by atoms with Gasteiger partial charge in [-0.15, -0.1) is 0 Å². The first kappa shape index (κ1) is 18.8. The molecule has 2 N–H and O–H groups in total. The molecule has 2 fully saturated rings. The number of aliphatic imine (C=N–C) groups is 1. The van der Waals surface area contributed by atoms with Gasteiger partial charge in [0.25, 0.3) is 0 Å². The lowest BCUT2D eigenvalue weighted by atomic mass is 10.1. The first-order valence-corrected chi connectivity index (χ1v) is 9.19. The number of nitrogens with zero attached hydrogens (tertiary/aromatic N) is 2. The highest BCUT2D eigenvalue weighted by molar-refractivity contribution is 5.80. The van der Waals surface area contributed by atoms with Gasteiger partial charge in [0.15, 0.2) is 5.96 Å². The number of carbonyl (C=O) groups excluding carboxylic acids is 1. The summed E-state index contributed by atoms with van der Waals surface area (Å²) in [6.45, 7) is 6.29. The van der Waals surface area contributed by atoms with Crippen molar-refractivity contribution in [2.45, 2.75) is 45.1 Å². The van der Waals surface area contributed by atoms with Crippen LogP contribution in [0, 0.1) is 5.92 Å². The second-order valence-electron chi connectivity index (χ2n) is 6.48. The molecule has 1 saturated heterocycles. The van der Waals surface area contributed by atoms with E-state index in [1.807, 2.05) is 6.92 Å². The van der Waals surface area contributed by atoms with E-state index in [0.717, 1.165) is 64.0 Å². The molecule has 2 aliphatic rings. The second kappa shape index (κ2) is 10.4. The minimum Gasteiger partial charge on any atom is -0.450 e. The molecule has 1 heterocycles. The van der Waals surface area contributed by atoms with Gasteiger partial charge in [-0.25, -0.2) is 4.79 Å². The molecule has 0 radical (unpaired) electrons. The van der Waals surface area contributed by atoms with Crippen LogP contribution in [0.25, 0.3) is 0 Å². The highest BCUT2D eigenvalue weighted by Gasteiger charge is 2.24. The minimum atomic E-state index is -0.204. The fourth-order valence-electron chi connectivity index (χ4n) is 2.72. The van der Waals surface area contributed by atoms with Crippen LogP contribution in [0.3, 0.4) is 0 Å². The smallest absolute Gasteiger partial charge is 0.409 e. The second-order valence-corrected chi connectivity index (χ2v) is 6.48. The number of ether oxygens (including phenoxy) is 2. The number of hydrogen-bond donors (Lipinski definition) is 2. The van der Waals surface area contributed by atoms with Crippen molar-refractivity contribution < 1.29 is 14.3 Å². The van der Waals surface area contributed by atoms with Crippen LogP contribution in [0.1, 0.15) is 39.0 Å². The van der Waals surface area contributed by atoms with Crippen molar-refractivity contribution in [3.63, 3.8) is 0 Å². The van der Waals surface area contributed by atoms with Crippen LogP contribution < -0.4 is 10.6 Å². The van der Waals surface area contributed by atoms with Gasteiger partial charge < -0.3 is 25.0 Å². The van der Waals surface area contributed by atoms with Gasteiger partial charge in [-0.2, -0.15) is 0 Å². The third kappa shape index (κ3) is 6.95. The van der Waals surface area contributed by atoms with E-state index in [4.69, 9.17) is 9.47 Å². The Hall–Kier alpha value is -1.50. The van der Waals surface area contributed by atoms with Crippen LogP contribution in [0.15, 0.2) is 4.99 Å². The summed E-state index contributed by atoms with van der Waals surface area (Å²) in [5.74, 6) is 1.65. The van der Waals surface area contributed by atoms with E-state index in [1.165, 1.54) is 12.8 Å². The molecule has 0 aromatic rings. The van der Waals surface area contributed by atoms with Crippen molar-refractivity contribution >= 4 is 12.1 Å². The predicted molar refractivity (Wildman–Crippen MR) is 94.3 cm³/mol. The minimum absolute atomic E-state index is 0.204. The summed E-state index contributed by atoms with van der Waals surface area (Å²) in [4.78, 5) is 17.7. The van der Waals surface area contributed by atoms with Crippen LogP contribution in [0.4, 0.5) is 4.79 Å². The first-order chi connectivity index (χ1) is 11.7. The van der Waals surface area contributed by atoms with Crippen molar-refractivity contribution in [3.05, 3.63) is 0 Å². The fraction of sp³-hybridized carbons (Fsp3) is 0.882. The Morgan fingerprint density at radius 3 is 2.62 bits per heavy atom. The van der Waals surface area contributed by atoms with Crippen molar-refractivity contribution in [2.75, 3.05) is 46.5 Å². The lowest BCUT2D eigenvalue weighted by Crippen LogP contribution is -2.50. The number of nitrogens with one attached hydrogen (secondary N) is 2. The molecule has 1 aliphatic carbocycles. The molecule has 0 atom stereocenters. The quantitative estimate of drug-likeness (QED) is 0.399. The molecule has 138 valence electrons. The summed E-state index contributed by atoms with van der Waals surface area (Å²) in [5, 5.41) is 6.76. The largest absolute Gasteiger partial charge is 0.450 e. The Balaban J connectivity index is 1.55. The number of likely N-dealkylation sites (tertiary alicyclic amines) is 1. The fourth-order valence-corrected chi connectivity index (χ4v) is 2.72. The maximum atomic E-state index is 11.7. The molecule has 24 heavy (non-hydrogen) atoms. The zero-order valence-electron chi connectivity index (χ0n) is 15.1. The SMILES string of the molecule is CCOC(=O)N1CCC(NC(=NC)NCCCOCC2CC2)CC1. The van der Waals surface area contributed by atoms with E-state index >= 15 is 0 Å². The average Bonchev–Trinajstić information content (AvgIpc) is 3.42. The summed E-state index contributed by atoms with van der Waals surface area (Å²) >= 11 is 0. The van der Waals surface area contributed by atoms with E-state index in [9.17, 15) is 4.79 Å². The van der Waals surface area contributed by atoms with Crippen LogP contribution in [0.5, 0.6) is 0 Å². The Morgan fingerprint density at radius 1 is 1.25 bits per heavy atom. The predicted octanol–water partition coefficient (Wildman–Crippen LogP) is 1.59. The van der Waals surface area contributed by atoms with Crippen molar-refractivity contribution in [1.29, 1.82) is 0 Å². The molecule has 0 unspecified atom stereocenters. The molecule has 2 rings (SSSR count). The van der Waals surface area contributed by atoms with E-state index in [1.54, 1.807) is 11.9 Å². The number of hydrogen-bond acceptors (Lipinski definition) is 4. The summed E-state index contributed by atoms with van der Waals surface area (Å²) in [6.07, 6.45) is 5.26. The number of rotatable bonds is 8. The standard InChI is InChI=1S/C17H32N4O3/c1-3-24-17(22)21-10-7-15(8-11-21)20-16(18-2)19-9-4-12-23-13-14-5-6-14/h14-15H,3-13H2,1-2H3,(H2,18,19,20). The number of carbonyl (C=O) groups is 1. The van der Waals surface area contributed by atoms with E-state index in [0.29, 0.717) is 12.6 Å². The highest BCUT2D eigenvalue weighted by atomic mass is 16.6. The average molecular weight is 340 g/mol. The van der Waals surface area contributed by atoms with Crippen LogP contribution in [-0.2, 0) is 9.47 Å². The Bertz CT molecular complexity index is 405. The van der Waals surface area contributed by atoms with Crippen LogP contribution in [-0.4, -0.2) is 69.5 Å². The van der Waals surface area contributed by atoms with Gasteiger partial charge in [-0.3, -0.25) is 4.99 Å². The van der Waals surface area contributed by atoms with Gasteiger partial charge >= 0.3 is 6.09 Å². The van der Waals surface area contributed by atoms with E-state index in [2.05, 4.69) is 15.6 Å². The van der Waals surface area contributed by atoms with Gasteiger partial charge in [-0.05, 0) is 44.9 Å². The Labute approximate surface area is 145 Å². The molecule has 7 nitrogen and oxygen atoms in total. The Kier molecular flexibility index (Phi) is 8.15. The van der Waals surface area contributed by atoms with Crippen LogP contribution in [0.2, 0.25) is 0 Å². The monoisotopic (exact) mass is 340 g/mol. The van der Waals surface area contributed by atoms with Crippen molar-refractivity contribution in [2.24, 2.45) is 10.9 Å². The summed E-state index contributed by atoms with van der Waals surface area (Å²) in [7, 11) is 1.78. The van der Waals surface area contributed by atoms with Gasteiger partial charge in [0, 0.05) is 45.9 Å². The highest BCUT2D eigenvalue weighted by Crippen LogP contribution is 2.28. The molecule has 0 aromatic carbocycles. The molecule has 0 bridgehead atoms. The lowest BCUT2D eigenvalue weighted by molar-refractivity contribution is 0.0963. The molecule has 1 aliphatic heterocycles. The lowest BCUT2D eigenvalue weighted by Gasteiger charge is -2.32. The van der Waals surface area contributed by atoms with Crippen LogP contribution >= 0.6 is 0 Å². The molecule has 0 spiro atoms. The molecule has 1 saturated carbocycles. The molecule has 1 amide bonds. The van der Waals surface area contributed by atoms with E-state index < -0.39 is 0 Å². The maximum Gasteiger partial charge on any atom is 0.409 e. The normalized spacial score (nSPS) is 19.2. The topological polar surface area (TPSA) is 75.2 Å². The number of amides is 1. The third-order valence-corrected chi connectivity index (χ3v) is 4.39. The number of piperidine rings is 1. The maximum absolute atomic E-state index is 11.7. The van der Waals surface area contributed by atoms with E-state index in [-0.39, 0.29) is 6.09 Å². The Morgan fingerprint density at radius 2 is 2.00 bits per heavy atom. The number of guanidine groups is 1. The summed E-state index contributed by atoms with van der Waals surface area (Å²) < 4.78 is 10.7. The first-order valence-electron chi connectivity index (χ1n) is 9.19. The van der Waals surface area contributed by atoms with Gasteiger partial charge in [0.1, 0.15) is 0 Å². The van der Waals surface area contributed by atoms with Crippen molar-refractivity contribution in [3.8, 4) is 0 Å². The zero-order chi connectivity index (χ0) is 17.2. The zero-order valence-corrected chi connectivity index (χ0v) is 15.1. The van der Waals surface area contributed by atoms with Gasteiger partial charge in [-0.1, -0.05) is 0 Å². The van der Waals surface area contributed by atoms with Crippen molar-refractivity contribution in [1.82, 2.24) is 15.5 Å². The third-order valence-electron chi connectivity index (χ3n) is 4.39. The summed E-state index contributed by atoms with van der Waals surface area (Å²) in [5.41, 5.74) is 0.